The van der Waals surface area contributed by atoms with Gasteiger partial charge in [0.25, 0.3) is 0 Å². The molecular weight excluding hydrogens is 284 g/mol. The van der Waals surface area contributed by atoms with Crippen LogP contribution in [0.2, 0.25) is 0 Å². The Hall–Kier alpha value is -1.17. The standard InChI is InChI=1S/C16H22N2O2S/c1-10-7-12(11(2)20-10)16(3,19)9-17-8-15-18-13-5-4-6-14(13)21-15/h7,17,19H,4-6,8-9H2,1-3H3. The van der Waals surface area contributed by atoms with Crippen molar-refractivity contribution in [3.05, 3.63) is 38.7 Å². The average Bonchev–Trinajstić information content (AvgIpc) is 3.03. The number of thiazole rings is 1. The van der Waals surface area contributed by atoms with Gasteiger partial charge in [-0.2, -0.15) is 0 Å². The maximum atomic E-state index is 10.6. The van der Waals surface area contributed by atoms with E-state index in [-0.39, 0.29) is 0 Å². The Bertz CT molecular complexity index is 621. The molecule has 114 valence electrons. The highest BCUT2D eigenvalue weighted by atomic mass is 32.1. The van der Waals surface area contributed by atoms with E-state index in [2.05, 4.69) is 10.3 Å². The van der Waals surface area contributed by atoms with E-state index in [0.717, 1.165) is 28.5 Å². The summed E-state index contributed by atoms with van der Waals surface area (Å²) in [6, 6.07) is 1.91. The van der Waals surface area contributed by atoms with E-state index in [9.17, 15) is 5.11 Å². The van der Waals surface area contributed by atoms with Crippen molar-refractivity contribution in [1.29, 1.82) is 0 Å². The van der Waals surface area contributed by atoms with E-state index in [1.54, 1.807) is 11.3 Å². The minimum absolute atomic E-state index is 0.483. The molecule has 2 aromatic rings. The highest BCUT2D eigenvalue weighted by molar-refractivity contribution is 7.11. The normalized spacial score (nSPS) is 17.0. The molecule has 0 saturated carbocycles. The Labute approximate surface area is 129 Å². The molecule has 21 heavy (non-hydrogen) atoms. The molecule has 1 unspecified atom stereocenters. The van der Waals surface area contributed by atoms with Gasteiger partial charge in [0.05, 0.1) is 5.69 Å². The monoisotopic (exact) mass is 306 g/mol. The minimum Gasteiger partial charge on any atom is -0.466 e. The predicted octanol–water partition coefficient (Wildman–Crippen LogP) is 2.84. The summed E-state index contributed by atoms with van der Waals surface area (Å²) < 4.78 is 5.51. The molecule has 0 spiro atoms. The molecule has 0 saturated heterocycles. The summed E-state index contributed by atoms with van der Waals surface area (Å²) in [7, 11) is 0. The lowest BCUT2D eigenvalue weighted by molar-refractivity contribution is 0.0552. The van der Waals surface area contributed by atoms with Crippen molar-refractivity contribution in [2.75, 3.05) is 6.54 Å². The summed E-state index contributed by atoms with van der Waals surface area (Å²) >= 11 is 1.80. The lowest BCUT2D eigenvalue weighted by Gasteiger charge is -2.23. The van der Waals surface area contributed by atoms with E-state index >= 15 is 0 Å². The topological polar surface area (TPSA) is 58.3 Å². The summed E-state index contributed by atoms with van der Waals surface area (Å²) in [4.78, 5) is 6.10. The molecule has 1 aliphatic carbocycles. The maximum absolute atomic E-state index is 10.6. The zero-order chi connectivity index (χ0) is 15.0. The molecule has 0 fully saturated rings. The average molecular weight is 306 g/mol. The molecule has 3 rings (SSSR count). The highest BCUT2D eigenvalue weighted by Gasteiger charge is 2.27. The summed E-state index contributed by atoms with van der Waals surface area (Å²) in [5, 5.41) is 15.1. The second-order valence-corrected chi connectivity index (χ2v) is 7.20. The van der Waals surface area contributed by atoms with Gasteiger partial charge >= 0.3 is 0 Å². The van der Waals surface area contributed by atoms with Gasteiger partial charge in [0.15, 0.2) is 0 Å². The van der Waals surface area contributed by atoms with Gasteiger partial charge in [-0.3, -0.25) is 0 Å². The number of fused-ring (bicyclic) bond motifs is 1. The van der Waals surface area contributed by atoms with Crippen LogP contribution in [0.4, 0.5) is 0 Å². The van der Waals surface area contributed by atoms with Gasteiger partial charge < -0.3 is 14.8 Å². The SMILES string of the molecule is Cc1cc(C(C)(O)CNCc2nc3c(s2)CCC3)c(C)o1. The predicted molar refractivity (Wildman–Crippen MR) is 83.6 cm³/mol. The lowest BCUT2D eigenvalue weighted by Crippen LogP contribution is -2.35. The van der Waals surface area contributed by atoms with Gasteiger partial charge in [-0.25, -0.2) is 4.98 Å². The van der Waals surface area contributed by atoms with Crippen LogP contribution in [0, 0.1) is 13.8 Å². The zero-order valence-electron chi connectivity index (χ0n) is 12.8. The number of aromatic nitrogens is 1. The Morgan fingerprint density at radius 1 is 1.43 bits per heavy atom. The Morgan fingerprint density at radius 3 is 2.90 bits per heavy atom. The third-order valence-electron chi connectivity index (χ3n) is 4.01. The summed E-state index contributed by atoms with van der Waals surface area (Å²) in [5.41, 5.74) is 1.21. The van der Waals surface area contributed by atoms with Gasteiger partial charge in [-0.1, -0.05) is 0 Å². The fraction of sp³-hybridized carbons (Fsp3) is 0.562. The first kappa shape index (κ1) is 14.8. The molecule has 0 amide bonds. The van der Waals surface area contributed by atoms with E-state index < -0.39 is 5.60 Å². The Kier molecular flexibility index (Phi) is 3.90. The van der Waals surface area contributed by atoms with E-state index in [1.807, 2.05) is 26.8 Å². The van der Waals surface area contributed by atoms with Gasteiger partial charge in [0.1, 0.15) is 22.1 Å². The molecule has 0 bridgehead atoms. The molecule has 2 aromatic heterocycles. The van der Waals surface area contributed by atoms with Crippen LogP contribution in [0.15, 0.2) is 10.5 Å². The van der Waals surface area contributed by atoms with Crippen molar-refractivity contribution in [3.63, 3.8) is 0 Å². The van der Waals surface area contributed by atoms with Crippen LogP contribution in [-0.4, -0.2) is 16.6 Å². The molecule has 0 aliphatic heterocycles. The van der Waals surface area contributed by atoms with Crippen LogP contribution >= 0.6 is 11.3 Å². The number of nitrogens with one attached hydrogen (secondary N) is 1. The van der Waals surface area contributed by atoms with Crippen LogP contribution in [-0.2, 0) is 25.0 Å². The fourth-order valence-electron chi connectivity index (χ4n) is 2.99. The first-order chi connectivity index (χ1) is 9.95. The smallest absolute Gasteiger partial charge is 0.107 e. The number of rotatable bonds is 5. The van der Waals surface area contributed by atoms with Crippen molar-refractivity contribution in [2.45, 2.75) is 52.2 Å². The highest BCUT2D eigenvalue weighted by Crippen LogP contribution is 2.28. The van der Waals surface area contributed by atoms with Gasteiger partial charge in [-0.05, 0) is 46.1 Å². The number of nitrogens with zero attached hydrogens (tertiary/aromatic N) is 1. The third-order valence-corrected chi connectivity index (χ3v) is 5.16. The maximum Gasteiger partial charge on any atom is 0.107 e. The second-order valence-electron chi connectivity index (χ2n) is 6.04. The van der Waals surface area contributed by atoms with Crippen molar-refractivity contribution in [2.24, 2.45) is 0 Å². The molecule has 0 radical (unpaired) electrons. The van der Waals surface area contributed by atoms with Gasteiger partial charge in [0, 0.05) is 23.5 Å². The number of aryl methyl sites for hydroxylation is 4. The Morgan fingerprint density at radius 2 is 2.24 bits per heavy atom. The molecule has 1 aliphatic rings. The zero-order valence-corrected chi connectivity index (χ0v) is 13.6. The first-order valence-electron chi connectivity index (χ1n) is 7.44. The quantitative estimate of drug-likeness (QED) is 0.892. The summed E-state index contributed by atoms with van der Waals surface area (Å²) in [5.74, 6) is 1.62. The number of furan rings is 1. The van der Waals surface area contributed by atoms with Crippen LogP contribution in [0.1, 0.15) is 46.0 Å². The molecule has 2 heterocycles. The van der Waals surface area contributed by atoms with Crippen molar-refractivity contribution >= 4 is 11.3 Å². The second kappa shape index (κ2) is 5.55. The van der Waals surface area contributed by atoms with Gasteiger partial charge in [-0.15, -0.1) is 11.3 Å². The van der Waals surface area contributed by atoms with E-state index in [0.29, 0.717) is 13.1 Å². The summed E-state index contributed by atoms with van der Waals surface area (Å²) in [6.07, 6.45) is 3.55. The number of hydrogen-bond acceptors (Lipinski definition) is 5. The summed E-state index contributed by atoms with van der Waals surface area (Å²) in [6.45, 7) is 6.80. The fourth-order valence-corrected chi connectivity index (χ4v) is 4.12. The molecular formula is C16H22N2O2S. The van der Waals surface area contributed by atoms with Crippen LogP contribution < -0.4 is 5.32 Å². The molecule has 0 aromatic carbocycles. The Balaban J connectivity index is 1.60. The van der Waals surface area contributed by atoms with Crippen LogP contribution in [0.3, 0.4) is 0 Å². The molecule has 5 heteroatoms. The third kappa shape index (κ3) is 3.05. The van der Waals surface area contributed by atoms with Crippen molar-refractivity contribution in [1.82, 2.24) is 10.3 Å². The van der Waals surface area contributed by atoms with Crippen molar-refractivity contribution < 1.29 is 9.52 Å². The van der Waals surface area contributed by atoms with E-state index in [4.69, 9.17) is 4.42 Å². The molecule has 4 nitrogen and oxygen atoms in total. The lowest BCUT2D eigenvalue weighted by atomic mass is 9.96. The van der Waals surface area contributed by atoms with Gasteiger partial charge in [0.2, 0.25) is 0 Å². The first-order valence-corrected chi connectivity index (χ1v) is 8.25. The number of aliphatic hydroxyl groups is 1. The number of hydrogen-bond donors (Lipinski definition) is 2. The molecule has 2 N–H and O–H groups in total. The van der Waals surface area contributed by atoms with Crippen LogP contribution in [0.25, 0.3) is 0 Å². The van der Waals surface area contributed by atoms with Crippen molar-refractivity contribution in [3.8, 4) is 0 Å². The van der Waals surface area contributed by atoms with Crippen LogP contribution in [0.5, 0.6) is 0 Å². The minimum atomic E-state index is -0.929. The molecule has 1 atom stereocenters. The largest absolute Gasteiger partial charge is 0.466 e. The van der Waals surface area contributed by atoms with E-state index in [1.165, 1.54) is 23.4 Å².